The summed E-state index contributed by atoms with van der Waals surface area (Å²) in [5, 5.41) is 17.2. The third-order valence-electron chi connectivity index (χ3n) is 2.39. The van der Waals surface area contributed by atoms with E-state index in [9.17, 15) is 9.90 Å². The Morgan fingerprint density at radius 1 is 1.48 bits per heavy atom. The van der Waals surface area contributed by atoms with Crippen molar-refractivity contribution in [3.05, 3.63) is 39.6 Å². The third-order valence-corrected chi connectivity index (χ3v) is 3.54. The fourth-order valence-electron chi connectivity index (χ4n) is 1.47. The third kappa shape index (κ3) is 3.99. The smallest absolute Gasteiger partial charge is 0.342 e. The standard InChI is InChI=1S/C13H11ClN2O4S/c1-7-15-16-13(20-7)21-11(12(17)18)6-8-3-4-10(19-2)9(14)5-8/h3-6H,1-2H3,(H,17,18)/b11-6+. The molecular formula is C13H11ClN2O4S. The zero-order chi connectivity index (χ0) is 15.4. The van der Waals surface area contributed by atoms with E-state index in [0.29, 0.717) is 22.2 Å². The van der Waals surface area contributed by atoms with Gasteiger partial charge in [-0.25, -0.2) is 4.79 Å². The monoisotopic (exact) mass is 326 g/mol. The SMILES string of the molecule is COc1ccc(/C=C(/Sc2nnc(C)o2)C(=O)O)cc1Cl. The summed E-state index contributed by atoms with van der Waals surface area (Å²) in [4.78, 5) is 11.3. The lowest BCUT2D eigenvalue weighted by Gasteiger charge is -2.04. The van der Waals surface area contributed by atoms with Crippen molar-refractivity contribution in [2.45, 2.75) is 12.1 Å². The first-order valence-corrected chi connectivity index (χ1v) is 6.95. The highest BCUT2D eigenvalue weighted by Crippen LogP contribution is 2.30. The lowest BCUT2D eigenvalue weighted by Crippen LogP contribution is -1.97. The molecule has 0 radical (unpaired) electrons. The van der Waals surface area contributed by atoms with Gasteiger partial charge in [-0.3, -0.25) is 0 Å². The van der Waals surface area contributed by atoms with Gasteiger partial charge in [-0.2, -0.15) is 0 Å². The largest absolute Gasteiger partial charge is 0.495 e. The van der Waals surface area contributed by atoms with Gasteiger partial charge in [-0.15, -0.1) is 10.2 Å². The normalized spacial score (nSPS) is 11.5. The molecule has 0 saturated heterocycles. The number of hydrogen-bond acceptors (Lipinski definition) is 6. The van der Waals surface area contributed by atoms with Crippen molar-refractivity contribution in [3.63, 3.8) is 0 Å². The fraction of sp³-hybridized carbons (Fsp3) is 0.154. The molecule has 0 aliphatic rings. The van der Waals surface area contributed by atoms with Crippen molar-refractivity contribution in [2.24, 2.45) is 0 Å². The van der Waals surface area contributed by atoms with Crippen LogP contribution < -0.4 is 4.74 Å². The van der Waals surface area contributed by atoms with E-state index in [1.54, 1.807) is 25.1 Å². The number of nitrogens with zero attached hydrogens (tertiary/aromatic N) is 2. The molecule has 21 heavy (non-hydrogen) atoms. The topological polar surface area (TPSA) is 85.5 Å². The molecule has 1 aromatic heterocycles. The van der Waals surface area contributed by atoms with Crippen LogP contribution in [0.4, 0.5) is 0 Å². The van der Waals surface area contributed by atoms with Crippen LogP contribution >= 0.6 is 23.4 Å². The minimum atomic E-state index is -1.09. The van der Waals surface area contributed by atoms with Gasteiger partial charge in [0.05, 0.1) is 12.1 Å². The van der Waals surface area contributed by atoms with Crippen LogP contribution in [0.1, 0.15) is 11.5 Å². The van der Waals surface area contributed by atoms with Crippen LogP contribution in [0.5, 0.6) is 5.75 Å². The number of halogens is 1. The van der Waals surface area contributed by atoms with Crippen molar-refractivity contribution in [3.8, 4) is 5.75 Å². The predicted octanol–water partition coefficient (Wildman–Crippen LogP) is 3.26. The maximum atomic E-state index is 11.3. The highest BCUT2D eigenvalue weighted by atomic mass is 35.5. The first-order valence-electron chi connectivity index (χ1n) is 5.76. The van der Waals surface area contributed by atoms with Gasteiger partial charge < -0.3 is 14.3 Å². The molecule has 0 aliphatic heterocycles. The number of ether oxygens (including phenoxy) is 1. The summed E-state index contributed by atoms with van der Waals surface area (Å²) in [5.74, 6) is -0.205. The number of rotatable bonds is 5. The zero-order valence-electron chi connectivity index (χ0n) is 11.2. The Bertz CT molecular complexity index is 699. The number of aryl methyl sites for hydroxylation is 1. The molecule has 0 bridgehead atoms. The molecular weight excluding hydrogens is 316 g/mol. The molecule has 110 valence electrons. The molecule has 8 heteroatoms. The lowest BCUT2D eigenvalue weighted by atomic mass is 10.2. The molecule has 0 fully saturated rings. The summed E-state index contributed by atoms with van der Waals surface area (Å²) in [6, 6.07) is 4.98. The number of aliphatic carboxylic acids is 1. The Balaban J connectivity index is 2.29. The molecule has 0 spiro atoms. The number of methoxy groups -OCH3 is 1. The number of carboxylic acids is 1. The van der Waals surface area contributed by atoms with E-state index in [4.69, 9.17) is 20.8 Å². The van der Waals surface area contributed by atoms with E-state index in [1.807, 2.05) is 0 Å². The number of benzene rings is 1. The average molecular weight is 327 g/mol. The van der Waals surface area contributed by atoms with Gasteiger partial charge in [0.15, 0.2) is 0 Å². The van der Waals surface area contributed by atoms with Crippen molar-refractivity contribution in [1.82, 2.24) is 10.2 Å². The molecule has 1 heterocycles. The highest BCUT2D eigenvalue weighted by molar-refractivity contribution is 8.03. The van der Waals surface area contributed by atoms with Crippen molar-refractivity contribution < 1.29 is 19.1 Å². The van der Waals surface area contributed by atoms with E-state index in [0.717, 1.165) is 11.8 Å². The summed E-state index contributed by atoms with van der Waals surface area (Å²) < 4.78 is 10.2. The number of carboxylic acid groups (broad SMARTS) is 1. The second-order valence-corrected chi connectivity index (χ2v) is 5.30. The van der Waals surface area contributed by atoms with Crippen molar-refractivity contribution in [1.29, 1.82) is 0 Å². The average Bonchev–Trinajstić information content (AvgIpc) is 2.83. The Kier molecular flexibility index (Phi) is 4.87. The molecule has 1 N–H and O–H groups in total. The Morgan fingerprint density at radius 3 is 2.76 bits per heavy atom. The van der Waals surface area contributed by atoms with Gasteiger partial charge in [0.1, 0.15) is 10.7 Å². The molecule has 0 unspecified atom stereocenters. The van der Waals surface area contributed by atoms with E-state index >= 15 is 0 Å². The van der Waals surface area contributed by atoms with Crippen LogP contribution in [0.25, 0.3) is 6.08 Å². The van der Waals surface area contributed by atoms with E-state index in [1.165, 1.54) is 13.2 Å². The van der Waals surface area contributed by atoms with Crippen LogP contribution in [0, 0.1) is 6.92 Å². The van der Waals surface area contributed by atoms with Gasteiger partial charge in [-0.1, -0.05) is 17.7 Å². The van der Waals surface area contributed by atoms with Crippen LogP contribution in [-0.4, -0.2) is 28.4 Å². The van der Waals surface area contributed by atoms with Gasteiger partial charge >= 0.3 is 5.97 Å². The second kappa shape index (κ2) is 6.64. The van der Waals surface area contributed by atoms with Crippen LogP contribution in [0.3, 0.4) is 0 Å². The van der Waals surface area contributed by atoms with Crippen LogP contribution in [0.15, 0.2) is 32.7 Å². The number of carbonyl (C=O) groups is 1. The lowest BCUT2D eigenvalue weighted by molar-refractivity contribution is -0.131. The zero-order valence-corrected chi connectivity index (χ0v) is 12.7. The number of aromatic nitrogens is 2. The quantitative estimate of drug-likeness (QED) is 0.666. The van der Waals surface area contributed by atoms with Crippen LogP contribution in [-0.2, 0) is 4.79 Å². The van der Waals surface area contributed by atoms with Gasteiger partial charge in [0.25, 0.3) is 5.22 Å². The van der Waals surface area contributed by atoms with Gasteiger partial charge in [-0.05, 0) is 35.5 Å². The van der Waals surface area contributed by atoms with Crippen molar-refractivity contribution >= 4 is 35.4 Å². The highest BCUT2D eigenvalue weighted by Gasteiger charge is 2.14. The van der Waals surface area contributed by atoms with E-state index in [-0.39, 0.29) is 10.1 Å². The number of hydrogen-bond donors (Lipinski definition) is 1. The first-order chi connectivity index (χ1) is 9.99. The summed E-state index contributed by atoms with van der Waals surface area (Å²) in [7, 11) is 1.51. The summed E-state index contributed by atoms with van der Waals surface area (Å²) >= 11 is 6.88. The first kappa shape index (κ1) is 15.4. The summed E-state index contributed by atoms with van der Waals surface area (Å²) in [6.45, 7) is 1.63. The maximum Gasteiger partial charge on any atom is 0.342 e. The van der Waals surface area contributed by atoms with E-state index < -0.39 is 5.97 Å². The molecule has 6 nitrogen and oxygen atoms in total. The molecule has 2 rings (SSSR count). The molecule has 1 aromatic carbocycles. The van der Waals surface area contributed by atoms with Gasteiger partial charge in [0, 0.05) is 6.92 Å². The Hall–Kier alpha value is -1.99. The minimum Gasteiger partial charge on any atom is -0.495 e. The minimum absolute atomic E-state index is 0.0416. The fourth-order valence-corrected chi connectivity index (χ4v) is 2.45. The maximum absolute atomic E-state index is 11.3. The van der Waals surface area contributed by atoms with Crippen molar-refractivity contribution in [2.75, 3.05) is 7.11 Å². The summed E-state index contributed by atoms with van der Waals surface area (Å²) in [5.41, 5.74) is 0.627. The van der Waals surface area contributed by atoms with Crippen LogP contribution in [0.2, 0.25) is 5.02 Å². The van der Waals surface area contributed by atoms with E-state index in [2.05, 4.69) is 10.2 Å². The molecule has 2 aromatic rings. The summed E-state index contributed by atoms with van der Waals surface area (Å²) in [6.07, 6.45) is 1.47. The molecule has 0 aliphatic carbocycles. The Morgan fingerprint density at radius 2 is 2.24 bits per heavy atom. The van der Waals surface area contributed by atoms with Gasteiger partial charge in [0.2, 0.25) is 5.89 Å². The molecule has 0 amide bonds. The Labute approximate surface area is 129 Å². The molecule has 0 saturated carbocycles. The number of thioether (sulfide) groups is 1. The second-order valence-electron chi connectivity index (χ2n) is 3.90. The molecule has 0 atom stereocenters. The predicted molar refractivity (Wildman–Crippen MR) is 78.5 cm³/mol.